The van der Waals surface area contributed by atoms with Crippen molar-refractivity contribution in [3.63, 3.8) is 0 Å². The Morgan fingerprint density at radius 3 is 2.77 bits per heavy atom. The number of hydrogen-bond acceptors (Lipinski definition) is 8. The number of rotatable bonds is 8. The number of hydrogen-bond donors (Lipinski definition) is 0. The molecule has 8 heteroatoms. The molecule has 0 saturated heterocycles. The number of esters is 1. The highest BCUT2D eigenvalue weighted by atomic mass is 32.1. The molecule has 0 spiro atoms. The van der Waals surface area contributed by atoms with Crippen molar-refractivity contribution in [2.75, 3.05) is 0 Å². The molecule has 0 N–H and O–H groups in total. The van der Waals surface area contributed by atoms with Gasteiger partial charge in [-0.25, -0.2) is 4.98 Å². The largest absolute Gasteiger partial charge is 0.459 e. The first kappa shape index (κ1) is 19.9. The molecule has 4 rings (SSSR count). The standard InChI is InChI=1S/C22H20N4O3S/c1-2-15-6-8-16(9-7-15)22-24-17(14-30-22)13-28-20(27)11-10-19-25-21(26-29-19)18-5-3-4-12-23-18/h3-9,12,14H,2,10-11,13H2,1H3. The number of thiazole rings is 1. The van der Waals surface area contributed by atoms with Gasteiger partial charge >= 0.3 is 5.97 Å². The number of nitrogens with zero attached hydrogens (tertiary/aromatic N) is 4. The van der Waals surface area contributed by atoms with Crippen molar-refractivity contribution in [1.29, 1.82) is 0 Å². The van der Waals surface area contributed by atoms with Gasteiger partial charge in [-0.05, 0) is 24.1 Å². The SMILES string of the molecule is CCc1ccc(-c2nc(COC(=O)CCc3nc(-c4ccccn4)no3)cs2)cc1. The predicted octanol–water partition coefficient (Wildman–Crippen LogP) is 4.49. The first-order chi connectivity index (χ1) is 14.7. The summed E-state index contributed by atoms with van der Waals surface area (Å²) in [5.41, 5.74) is 3.71. The van der Waals surface area contributed by atoms with Crippen LogP contribution >= 0.6 is 11.3 Å². The van der Waals surface area contributed by atoms with Crippen LogP contribution in [0.1, 0.15) is 30.5 Å². The second-order valence-corrected chi connectivity index (χ2v) is 7.44. The molecule has 0 saturated carbocycles. The first-order valence-electron chi connectivity index (χ1n) is 9.64. The molecule has 0 aliphatic heterocycles. The normalized spacial score (nSPS) is 10.8. The maximum Gasteiger partial charge on any atom is 0.306 e. The Bertz CT molecular complexity index is 1110. The molecule has 3 heterocycles. The molecule has 1 aromatic carbocycles. The van der Waals surface area contributed by atoms with E-state index in [4.69, 9.17) is 9.26 Å². The van der Waals surface area contributed by atoms with Crippen LogP contribution in [0.15, 0.2) is 58.6 Å². The molecule has 3 aromatic heterocycles. The summed E-state index contributed by atoms with van der Waals surface area (Å²) in [4.78, 5) is 25.1. The highest BCUT2D eigenvalue weighted by Gasteiger charge is 2.13. The Labute approximate surface area is 177 Å². The molecule has 0 atom stereocenters. The lowest BCUT2D eigenvalue weighted by Gasteiger charge is -2.01. The number of aryl methyl sites for hydroxylation is 2. The maximum atomic E-state index is 12.1. The van der Waals surface area contributed by atoms with E-state index >= 15 is 0 Å². The van der Waals surface area contributed by atoms with Gasteiger partial charge in [0.25, 0.3) is 0 Å². The zero-order valence-corrected chi connectivity index (χ0v) is 17.3. The van der Waals surface area contributed by atoms with Crippen molar-refractivity contribution < 1.29 is 14.1 Å². The molecule has 30 heavy (non-hydrogen) atoms. The van der Waals surface area contributed by atoms with Gasteiger partial charge < -0.3 is 9.26 Å². The second kappa shape index (κ2) is 9.41. The van der Waals surface area contributed by atoms with Gasteiger partial charge in [0.15, 0.2) is 0 Å². The Hall–Kier alpha value is -3.39. The predicted molar refractivity (Wildman–Crippen MR) is 113 cm³/mol. The quantitative estimate of drug-likeness (QED) is 0.388. The van der Waals surface area contributed by atoms with E-state index in [1.807, 2.05) is 17.5 Å². The molecule has 4 aromatic rings. The molecular formula is C22H20N4O3S. The van der Waals surface area contributed by atoms with Gasteiger partial charge in [0.1, 0.15) is 17.3 Å². The second-order valence-electron chi connectivity index (χ2n) is 6.58. The average Bonchev–Trinajstić information content (AvgIpc) is 3.47. The number of pyridine rings is 1. The smallest absolute Gasteiger partial charge is 0.306 e. The zero-order valence-electron chi connectivity index (χ0n) is 16.4. The Morgan fingerprint density at radius 2 is 2.00 bits per heavy atom. The van der Waals surface area contributed by atoms with E-state index in [9.17, 15) is 4.79 Å². The van der Waals surface area contributed by atoms with Crippen LogP contribution in [0, 0.1) is 0 Å². The molecule has 152 valence electrons. The molecular weight excluding hydrogens is 400 g/mol. The summed E-state index contributed by atoms with van der Waals surface area (Å²) < 4.78 is 10.5. The van der Waals surface area contributed by atoms with Crippen LogP contribution in [0.25, 0.3) is 22.1 Å². The van der Waals surface area contributed by atoms with E-state index in [1.54, 1.807) is 12.3 Å². The molecule has 0 amide bonds. The molecule has 7 nitrogen and oxygen atoms in total. The fraction of sp³-hybridized carbons (Fsp3) is 0.227. The Morgan fingerprint density at radius 1 is 1.13 bits per heavy atom. The highest BCUT2D eigenvalue weighted by molar-refractivity contribution is 7.13. The molecule has 0 aliphatic carbocycles. The first-order valence-corrected chi connectivity index (χ1v) is 10.5. The number of benzene rings is 1. The molecule has 0 aliphatic rings. The van der Waals surface area contributed by atoms with Crippen molar-refractivity contribution in [3.8, 4) is 22.1 Å². The molecule has 0 fully saturated rings. The summed E-state index contributed by atoms with van der Waals surface area (Å²) in [6.45, 7) is 2.27. The lowest BCUT2D eigenvalue weighted by atomic mass is 10.1. The van der Waals surface area contributed by atoms with E-state index < -0.39 is 0 Å². The van der Waals surface area contributed by atoms with Gasteiger partial charge in [0.05, 0.1) is 12.1 Å². The van der Waals surface area contributed by atoms with Gasteiger partial charge in [-0.15, -0.1) is 11.3 Å². The average molecular weight is 420 g/mol. The Balaban J connectivity index is 1.26. The van der Waals surface area contributed by atoms with Gasteiger partial charge in [0.2, 0.25) is 11.7 Å². The zero-order chi connectivity index (χ0) is 20.8. The lowest BCUT2D eigenvalue weighted by Crippen LogP contribution is -2.06. The fourth-order valence-electron chi connectivity index (χ4n) is 2.78. The van der Waals surface area contributed by atoms with Gasteiger partial charge in [-0.3, -0.25) is 9.78 Å². The fourth-order valence-corrected chi connectivity index (χ4v) is 3.59. The number of carbonyl (C=O) groups is 1. The third kappa shape index (κ3) is 4.96. The van der Waals surface area contributed by atoms with Crippen LogP contribution in [-0.4, -0.2) is 26.1 Å². The van der Waals surface area contributed by atoms with E-state index in [-0.39, 0.29) is 19.0 Å². The van der Waals surface area contributed by atoms with Crippen LogP contribution < -0.4 is 0 Å². The summed E-state index contributed by atoms with van der Waals surface area (Å²) in [5.74, 6) is 0.439. The summed E-state index contributed by atoms with van der Waals surface area (Å²) in [6.07, 6.45) is 3.13. The van der Waals surface area contributed by atoms with Crippen molar-refractivity contribution in [3.05, 3.63) is 71.2 Å². The summed E-state index contributed by atoms with van der Waals surface area (Å²) in [6, 6.07) is 13.8. The van der Waals surface area contributed by atoms with Crippen LogP contribution in [0.2, 0.25) is 0 Å². The number of carbonyl (C=O) groups excluding carboxylic acids is 1. The van der Waals surface area contributed by atoms with Crippen molar-refractivity contribution >= 4 is 17.3 Å². The van der Waals surface area contributed by atoms with Gasteiger partial charge in [-0.2, -0.15) is 4.98 Å². The maximum absolute atomic E-state index is 12.1. The lowest BCUT2D eigenvalue weighted by molar-refractivity contribution is -0.145. The third-order valence-corrected chi connectivity index (χ3v) is 5.39. The minimum Gasteiger partial charge on any atom is -0.459 e. The summed E-state index contributed by atoms with van der Waals surface area (Å²) in [5, 5.41) is 6.71. The van der Waals surface area contributed by atoms with Gasteiger partial charge in [0, 0.05) is 23.6 Å². The summed E-state index contributed by atoms with van der Waals surface area (Å²) in [7, 11) is 0. The van der Waals surface area contributed by atoms with Gasteiger partial charge in [-0.1, -0.05) is 42.4 Å². The third-order valence-electron chi connectivity index (χ3n) is 4.45. The van der Waals surface area contributed by atoms with E-state index in [0.717, 1.165) is 22.7 Å². The minimum absolute atomic E-state index is 0.144. The molecule has 0 bridgehead atoms. The van der Waals surface area contributed by atoms with Crippen molar-refractivity contribution in [1.82, 2.24) is 20.1 Å². The van der Waals surface area contributed by atoms with Crippen LogP contribution in [0.5, 0.6) is 0 Å². The topological polar surface area (TPSA) is 91.0 Å². The van der Waals surface area contributed by atoms with Crippen LogP contribution in [-0.2, 0) is 29.0 Å². The van der Waals surface area contributed by atoms with Crippen molar-refractivity contribution in [2.24, 2.45) is 0 Å². The van der Waals surface area contributed by atoms with E-state index in [0.29, 0.717) is 23.8 Å². The Kier molecular flexibility index (Phi) is 6.24. The van der Waals surface area contributed by atoms with E-state index in [2.05, 4.69) is 51.3 Å². The van der Waals surface area contributed by atoms with Crippen LogP contribution in [0.4, 0.5) is 0 Å². The van der Waals surface area contributed by atoms with E-state index in [1.165, 1.54) is 16.9 Å². The van der Waals surface area contributed by atoms with Crippen molar-refractivity contribution in [2.45, 2.75) is 32.8 Å². The highest BCUT2D eigenvalue weighted by Crippen LogP contribution is 2.24. The number of aromatic nitrogens is 4. The summed E-state index contributed by atoms with van der Waals surface area (Å²) >= 11 is 1.54. The molecule has 0 radical (unpaired) electrons. The molecule has 0 unspecified atom stereocenters. The number of ether oxygens (including phenoxy) is 1. The minimum atomic E-state index is -0.338. The van der Waals surface area contributed by atoms with Crippen LogP contribution in [0.3, 0.4) is 0 Å². The monoisotopic (exact) mass is 420 g/mol.